The molecule has 3 aromatic rings. The third-order valence-electron chi connectivity index (χ3n) is 4.53. The van der Waals surface area contributed by atoms with E-state index in [2.05, 4.69) is 10.2 Å². The molecular weight excluding hydrogens is 384 g/mol. The first-order valence-electron chi connectivity index (χ1n) is 8.55. The number of carbonyl (C=O) groups excluding carboxylic acids is 2. The lowest BCUT2D eigenvalue weighted by Gasteiger charge is -2.34. The number of rotatable bonds is 3. The Kier molecular flexibility index (Phi) is 4.96. The number of amides is 2. The van der Waals surface area contributed by atoms with E-state index in [-0.39, 0.29) is 11.8 Å². The highest BCUT2D eigenvalue weighted by Crippen LogP contribution is 2.23. The van der Waals surface area contributed by atoms with Crippen molar-refractivity contribution >= 4 is 34.8 Å². The number of hydrogen-bond acceptors (Lipinski definition) is 4. The second kappa shape index (κ2) is 7.54. The highest BCUT2D eigenvalue weighted by molar-refractivity contribution is 7.13. The van der Waals surface area contributed by atoms with Crippen LogP contribution in [-0.4, -0.2) is 58.0 Å². The lowest BCUT2D eigenvalue weighted by molar-refractivity contribution is 0.0532. The first-order chi connectivity index (χ1) is 13.1. The van der Waals surface area contributed by atoms with Gasteiger partial charge in [0.1, 0.15) is 0 Å². The van der Waals surface area contributed by atoms with Crippen LogP contribution in [-0.2, 0) is 0 Å². The minimum absolute atomic E-state index is 0.0430. The number of aromatic amines is 1. The summed E-state index contributed by atoms with van der Waals surface area (Å²) in [5, 5.41) is 9.65. The number of H-pyrrole nitrogens is 1. The van der Waals surface area contributed by atoms with E-state index in [0.717, 1.165) is 10.6 Å². The number of nitrogens with one attached hydrogen (secondary N) is 1. The monoisotopic (exact) mass is 400 g/mol. The Balaban J connectivity index is 1.38. The predicted molar refractivity (Wildman–Crippen MR) is 105 cm³/mol. The van der Waals surface area contributed by atoms with Gasteiger partial charge in [-0.15, -0.1) is 11.3 Å². The fraction of sp³-hybridized carbons (Fsp3) is 0.211. The first kappa shape index (κ1) is 17.8. The summed E-state index contributed by atoms with van der Waals surface area (Å²) in [6.45, 7) is 1.96. The van der Waals surface area contributed by atoms with E-state index in [1.54, 1.807) is 51.5 Å². The second-order valence-electron chi connectivity index (χ2n) is 6.24. The van der Waals surface area contributed by atoms with E-state index >= 15 is 0 Å². The van der Waals surface area contributed by atoms with Crippen molar-refractivity contribution in [1.29, 1.82) is 0 Å². The predicted octanol–water partition coefficient (Wildman–Crippen LogP) is 3.39. The van der Waals surface area contributed by atoms with Gasteiger partial charge in [0.25, 0.3) is 11.8 Å². The minimum atomic E-state index is -0.118. The molecule has 0 aliphatic carbocycles. The van der Waals surface area contributed by atoms with Gasteiger partial charge in [-0.2, -0.15) is 5.10 Å². The molecule has 1 aliphatic rings. The van der Waals surface area contributed by atoms with Crippen LogP contribution in [0.3, 0.4) is 0 Å². The summed E-state index contributed by atoms with van der Waals surface area (Å²) in [5.41, 5.74) is 1.84. The van der Waals surface area contributed by atoms with Crippen LogP contribution in [0.2, 0.25) is 5.02 Å². The average molecular weight is 401 g/mol. The number of benzene rings is 1. The van der Waals surface area contributed by atoms with Crippen molar-refractivity contribution in [3.63, 3.8) is 0 Å². The summed E-state index contributed by atoms with van der Waals surface area (Å²) in [6, 6.07) is 12.6. The van der Waals surface area contributed by atoms with E-state index in [4.69, 9.17) is 11.6 Å². The molecule has 0 radical (unpaired) electrons. The normalized spacial score (nSPS) is 14.4. The number of piperazine rings is 1. The maximum atomic E-state index is 12.7. The second-order valence-corrected chi connectivity index (χ2v) is 7.62. The molecule has 0 spiro atoms. The largest absolute Gasteiger partial charge is 0.335 e. The zero-order valence-corrected chi connectivity index (χ0v) is 16.0. The maximum Gasteiger partial charge on any atom is 0.274 e. The van der Waals surface area contributed by atoms with Gasteiger partial charge >= 0.3 is 0 Å². The van der Waals surface area contributed by atoms with Crippen molar-refractivity contribution in [2.75, 3.05) is 26.2 Å². The third-order valence-corrected chi connectivity index (χ3v) is 5.68. The summed E-state index contributed by atoms with van der Waals surface area (Å²) in [5.74, 6) is -0.161. The molecule has 0 bridgehead atoms. The number of nitrogens with zero attached hydrogens (tertiary/aromatic N) is 3. The molecule has 4 rings (SSSR count). The van der Waals surface area contributed by atoms with Crippen molar-refractivity contribution in [1.82, 2.24) is 20.0 Å². The number of aromatic nitrogens is 2. The molecule has 1 aromatic carbocycles. The lowest BCUT2D eigenvalue weighted by atomic mass is 10.2. The molecule has 3 heterocycles. The van der Waals surface area contributed by atoms with Gasteiger partial charge in [-0.05, 0) is 41.8 Å². The SMILES string of the molecule is O=C(c1ccc(Cl)cc1)N1CCN(C(=O)c2cc(-c3cccs3)[nH]n2)CC1. The molecule has 1 fully saturated rings. The first-order valence-corrected chi connectivity index (χ1v) is 9.81. The van der Waals surface area contributed by atoms with Gasteiger partial charge < -0.3 is 9.80 Å². The summed E-state index contributed by atoms with van der Waals surface area (Å²) in [6.07, 6.45) is 0. The van der Waals surface area contributed by atoms with Crippen LogP contribution in [0.5, 0.6) is 0 Å². The van der Waals surface area contributed by atoms with Crippen molar-refractivity contribution in [2.45, 2.75) is 0 Å². The molecule has 27 heavy (non-hydrogen) atoms. The van der Waals surface area contributed by atoms with E-state index < -0.39 is 0 Å². The molecular formula is C19H17ClN4O2S. The number of thiophene rings is 1. The molecule has 2 aromatic heterocycles. The van der Waals surface area contributed by atoms with Crippen LogP contribution >= 0.6 is 22.9 Å². The minimum Gasteiger partial charge on any atom is -0.335 e. The zero-order chi connectivity index (χ0) is 18.8. The van der Waals surface area contributed by atoms with Crippen LogP contribution < -0.4 is 0 Å². The van der Waals surface area contributed by atoms with Gasteiger partial charge in [0, 0.05) is 36.8 Å². The lowest BCUT2D eigenvalue weighted by Crippen LogP contribution is -2.50. The van der Waals surface area contributed by atoms with Crippen LogP contribution in [0.15, 0.2) is 47.8 Å². The molecule has 1 saturated heterocycles. The zero-order valence-electron chi connectivity index (χ0n) is 14.4. The summed E-state index contributed by atoms with van der Waals surface area (Å²) < 4.78 is 0. The molecule has 2 amide bonds. The fourth-order valence-electron chi connectivity index (χ4n) is 3.04. The molecule has 0 unspecified atom stereocenters. The van der Waals surface area contributed by atoms with Gasteiger partial charge in [-0.3, -0.25) is 14.7 Å². The average Bonchev–Trinajstić information content (AvgIpc) is 3.39. The van der Waals surface area contributed by atoms with E-state index in [0.29, 0.717) is 42.5 Å². The van der Waals surface area contributed by atoms with Crippen molar-refractivity contribution < 1.29 is 9.59 Å². The highest BCUT2D eigenvalue weighted by atomic mass is 35.5. The summed E-state index contributed by atoms with van der Waals surface area (Å²) >= 11 is 7.46. The number of hydrogen-bond donors (Lipinski definition) is 1. The van der Waals surface area contributed by atoms with Crippen molar-refractivity contribution in [2.24, 2.45) is 0 Å². The topological polar surface area (TPSA) is 69.3 Å². The standard InChI is InChI=1S/C19H17ClN4O2S/c20-14-5-3-13(4-6-14)18(25)23-7-9-24(10-8-23)19(26)16-12-15(21-22-16)17-2-1-11-27-17/h1-6,11-12H,7-10H2,(H,21,22). The van der Waals surface area contributed by atoms with E-state index in [1.807, 2.05) is 17.5 Å². The van der Waals surface area contributed by atoms with Crippen LogP contribution in [0.25, 0.3) is 10.6 Å². The van der Waals surface area contributed by atoms with E-state index in [9.17, 15) is 9.59 Å². The molecule has 8 heteroatoms. The quantitative estimate of drug-likeness (QED) is 0.732. The molecule has 0 saturated carbocycles. The van der Waals surface area contributed by atoms with Gasteiger partial charge in [-0.1, -0.05) is 17.7 Å². The maximum absolute atomic E-state index is 12.7. The molecule has 6 nitrogen and oxygen atoms in total. The number of halogens is 1. The van der Waals surface area contributed by atoms with Crippen LogP contribution in [0.4, 0.5) is 0 Å². The highest BCUT2D eigenvalue weighted by Gasteiger charge is 2.26. The Morgan fingerprint density at radius 2 is 1.67 bits per heavy atom. The van der Waals surface area contributed by atoms with Gasteiger partial charge in [0.05, 0.1) is 10.6 Å². The molecule has 1 N–H and O–H groups in total. The van der Waals surface area contributed by atoms with Crippen LogP contribution in [0, 0.1) is 0 Å². The van der Waals surface area contributed by atoms with Gasteiger partial charge in [0.2, 0.25) is 0 Å². The van der Waals surface area contributed by atoms with Gasteiger partial charge in [-0.25, -0.2) is 0 Å². The Labute approximate surface area is 165 Å². The summed E-state index contributed by atoms with van der Waals surface area (Å²) in [4.78, 5) is 29.8. The Bertz CT molecular complexity index is 945. The smallest absolute Gasteiger partial charge is 0.274 e. The van der Waals surface area contributed by atoms with Gasteiger partial charge in [0.15, 0.2) is 5.69 Å². The van der Waals surface area contributed by atoms with E-state index in [1.165, 1.54) is 0 Å². The summed E-state index contributed by atoms with van der Waals surface area (Å²) in [7, 11) is 0. The molecule has 1 aliphatic heterocycles. The van der Waals surface area contributed by atoms with Crippen molar-refractivity contribution in [3.05, 3.63) is 64.1 Å². The Morgan fingerprint density at radius 3 is 2.30 bits per heavy atom. The Morgan fingerprint density at radius 1 is 1.00 bits per heavy atom. The Hall–Kier alpha value is -2.64. The fourth-order valence-corrected chi connectivity index (χ4v) is 3.86. The number of carbonyl (C=O) groups is 2. The van der Waals surface area contributed by atoms with Crippen molar-refractivity contribution in [3.8, 4) is 10.6 Å². The molecule has 138 valence electrons. The third kappa shape index (κ3) is 3.74. The molecule has 0 atom stereocenters. The van der Waals surface area contributed by atoms with Crippen LogP contribution in [0.1, 0.15) is 20.8 Å².